The van der Waals surface area contributed by atoms with Crippen LogP contribution in [0.4, 0.5) is 10.5 Å². The fourth-order valence-electron chi connectivity index (χ4n) is 4.34. The first kappa shape index (κ1) is 19.9. The van der Waals surface area contributed by atoms with E-state index in [1.807, 2.05) is 47.7 Å². The van der Waals surface area contributed by atoms with Crippen molar-refractivity contribution in [2.24, 2.45) is 5.92 Å². The number of nitrogens with zero attached hydrogens (tertiary/aromatic N) is 3. The molecule has 29 heavy (non-hydrogen) atoms. The topological polar surface area (TPSA) is 65.5 Å². The molecule has 154 valence electrons. The van der Waals surface area contributed by atoms with Gasteiger partial charge in [-0.25, -0.2) is 9.78 Å². The molecule has 2 aromatic rings. The van der Waals surface area contributed by atoms with Crippen molar-refractivity contribution in [3.8, 4) is 0 Å². The largest absolute Gasteiger partial charge is 0.333 e. The number of carbonyl (C=O) groups excluding carboxylic acids is 2. The van der Waals surface area contributed by atoms with Gasteiger partial charge in [0.05, 0.1) is 6.04 Å². The van der Waals surface area contributed by atoms with Crippen LogP contribution in [-0.4, -0.2) is 46.4 Å². The second kappa shape index (κ2) is 8.95. The lowest BCUT2D eigenvalue weighted by Crippen LogP contribution is -2.47. The van der Waals surface area contributed by atoms with Crippen LogP contribution in [0.1, 0.15) is 48.7 Å². The van der Waals surface area contributed by atoms with Crippen molar-refractivity contribution < 1.29 is 9.59 Å². The highest BCUT2D eigenvalue weighted by atomic mass is 32.1. The van der Waals surface area contributed by atoms with E-state index in [0.29, 0.717) is 13.1 Å². The lowest BCUT2D eigenvalue weighted by atomic mass is 9.92. The number of amides is 3. The molecule has 2 aliphatic heterocycles. The molecular formula is C22H28N4O2S. The predicted octanol–water partition coefficient (Wildman–Crippen LogP) is 4.45. The Bertz CT molecular complexity index is 846. The normalized spacial score (nSPS) is 20.5. The lowest BCUT2D eigenvalue weighted by molar-refractivity contribution is -0.140. The number of rotatable bonds is 3. The Morgan fingerprint density at radius 3 is 2.69 bits per heavy atom. The summed E-state index contributed by atoms with van der Waals surface area (Å²) in [7, 11) is 0. The van der Waals surface area contributed by atoms with Crippen LogP contribution in [0.5, 0.6) is 0 Å². The van der Waals surface area contributed by atoms with Crippen molar-refractivity contribution in [1.29, 1.82) is 0 Å². The van der Waals surface area contributed by atoms with E-state index < -0.39 is 0 Å². The van der Waals surface area contributed by atoms with Crippen LogP contribution in [0, 0.1) is 12.8 Å². The van der Waals surface area contributed by atoms with Crippen molar-refractivity contribution in [3.05, 3.63) is 46.4 Å². The first-order valence-electron chi connectivity index (χ1n) is 10.4. The van der Waals surface area contributed by atoms with Crippen LogP contribution in [0.3, 0.4) is 0 Å². The molecule has 0 spiro atoms. The van der Waals surface area contributed by atoms with Crippen molar-refractivity contribution in [1.82, 2.24) is 14.8 Å². The molecule has 6 nitrogen and oxygen atoms in total. The molecule has 2 saturated heterocycles. The molecule has 0 bridgehead atoms. The Balaban J connectivity index is 1.34. The molecule has 2 fully saturated rings. The third-order valence-corrected chi connectivity index (χ3v) is 6.80. The second-order valence-electron chi connectivity index (χ2n) is 7.97. The smallest absolute Gasteiger partial charge is 0.321 e. The quantitative estimate of drug-likeness (QED) is 0.810. The van der Waals surface area contributed by atoms with Crippen molar-refractivity contribution in [3.63, 3.8) is 0 Å². The molecule has 3 heterocycles. The van der Waals surface area contributed by atoms with E-state index in [2.05, 4.69) is 15.2 Å². The van der Waals surface area contributed by atoms with Crippen LogP contribution < -0.4 is 5.32 Å². The van der Waals surface area contributed by atoms with Crippen LogP contribution in [0.15, 0.2) is 35.8 Å². The van der Waals surface area contributed by atoms with Gasteiger partial charge in [0, 0.05) is 42.8 Å². The van der Waals surface area contributed by atoms with Gasteiger partial charge < -0.3 is 15.1 Å². The average molecular weight is 413 g/mol. The average Bonchev–Trinajstić information content (AvgIpc) is 3.28. The molecule has 0 radical (unpaired) electrons. The highest BCUT2D eigenvalue weighted by Crippen LogP contribution is 2.34. The number of anilines is 1. The third-order valence-electron chi connectivity index (χ3n) is 5.92. The summed E-state index contributed by atoms with van der Waals surface area (Å²) in [5.41, 5.74) is 1.93. The molecule has 1 unspecified atom stereocenters. The summed E-state index contributed by atoms with van der Waals surface area (Å²) in [6, 6.07) is 7.85. The van der Waals surface area contributed by atoms with Crippen LogP contribution >= 0.6 is 11.3 Å². The van der Waals surface area contributed by atoms with E-state index in [4.69, 9.17) is 0 Å². The van der Waals surface area contributed by atoms with Gasteiger partial charge in [0.25, 0.3) is 0 Å². The van der Waals surface area contributed by atoms with Gasteiger partial charge in [-0.15, -0.1) is 11.3 Å². The number of aromatic nitrogens is 1. The summed E-state index contributed by atoms with van der Waals surface area (Å²) in [6.07, 6.45) is 6.47. The minimum absolute atomic E-state index is 0.00131. The number of benzene rings is 1. The first-order valence-corrected chi connectivity index (χ1v) is 11.3. The van der Waals surface area contributed by atoms with E-state index in [1.165, 1.54) is 0 Å². The Morgan fingerprint density at radius 2 is 1.97 bits per heavy atom. The molecule has 0 aliphatic carbocycles. The molecule has 0 saturated carbocycles. The van der Waals surface area contributed by atoms with Gasteiger partial charge >= 0.3 is 6.03 Å². The van der Waals surface area contributed by atoms with Crippen LogP contribution in [0.25, 0.3) is 0 Å². The molecule has 3 amide bonds. The van der Waals surface area contributed by atoms with E-state index in [1.54, 1.807) is 11.3 Å². The van der Waals surface area contributed by atoms with Gasteiger partial charge in [-0.3, -0.25) is 4.79 Å². The van der Waals surface area contributed by atoms with Crippen molar-refractivity contribution >= 4 is 29.0 Å². The molecule has 7 heteroatoms. The Morgan fingerprint density at radius 1 is 1.14 bits per heavy atom. The molecular weight excluding hydrogens is 384 g/mol. The van der Waals surface area contributed by atoms with Gasteiger partial charge in [-0.05, 0) is 56.7 Å². The number of carbonyl (C=O) groups is 2. The monoisotopic (exact) mass is 412 g/mol. The van der Waals surface area contributed by atoms with Crippen LogP contribution in [-0.2, 0) is 4.79 Å². The SMILES string of the molecule is Cc1cccc(NC(=O)N2CCC(C(=O)N3CCCCC3c3nccs3)CC2)c1. The molecule has 1 atom stereocenters. The summed E-state index contributed by atoms with van der Waals surface area (Å²) in [6.45, 7) is 4.05. The number of likely N-dealkylation sites (tertiary alicyclic amines) is 2. The van der Waals surface area contributed by atoms with Gasteiger partial charge in [0.15, 0.2) is 0 Å². The maximum Gasteiger partial charge on any atom is 0.321 e. The molecule has 1 N–H and O–H groups in total. The summed E-state index contributed by atoms with van der Waals surface area (Å²) >= 11 is 1.64. The van der Waals surface area contributed by atoms with E-state index >= 15 is 0 Å². The standard InChI is InChI=1S/C22H28N4O2S/c1-16-5-4-6-18(15-16)24-22(28)25-12-8-17(9-13-25)21(27)26-11-3-2-7-19(26)20-23-10-14-29-20/h4-6,10,14-15,17,19H,2-3,7-9,11-13H2,1H3,(H,24,28). The number of aryl methyl sites for hydroxylation is 1. The minimum Gasteiger partial charge on any atom is -0.333 e. The highest BCUT2D eigenvalue weighted by Gasteiger charge is 2.35. The zero-order chi connectivity index (χ0) is 20.2. The van der Waals surface area contributed by atoms with E-state index in [0.717, 1.165) is 54.9 Å². The minimum atomic E-state index is -0.0832. The third kappa shape index (κ3) is 4.61. The number of piperidine rings is 2. The van der Waals surface area contributed by atoms with Crippen LogP contribution in [0.2, 0.25) is 0 Å². The summed E-state index contributed by atoms with van der Waals surface area (Å²) in [4.78, 5) is 34.2. The van der Waals surface area contributed by atoms with Crippen molar-refractivity contribution in [2.45, 2.75) is 45.1 Å². The van der Waals surface area contributed by atoms with Crippen molar-refractivity contribution in [2.75, 3.05) is 25.0 Å². The second-order valence-corrected chi connectivity index (χ2v) is 8.90. The lowest BCUT2D eigenvalue weighted by Gasteiger charge is -2.39. The Labute approximate surface area is 175 Å². The molecule has 4 rings (SSSR count). The van der Waals surface area contributed by atoms with Gasteiger partial charge in [0.2, 0.25) is 5.91 Å². The fourth-order valence-corrected chi connectivity index (χ4v) is 5.13. The van der Waals surface area contributed by atoms with E-state index in [-0.39, 0.29) is 23.9 Å². The number of hydrogen-bond donors (Lipinski definition) is 1. The molecule has 1 aromatic heterocycles. The maximum atomic E-state index is 13.2. The zero-order valence-corrected chi connectivity index (χ0v) is 17.7. The Kier molecular flexibility index (Phi) is 6.13. The molecule has 2 aliphatic rings. The number of thiazole rings is 1. The summed E-state index contributed by atoms with van der Waals surface area (Å²) in [5, 5.41) is 6.00. The Hall–Kier alpha value is -2.41. The molecule has 1 aromatic carbocycles. The highest BCUT2D eigenvalue weighted by molar-refractivity contribution is 7.09. The van der Waals surface area contributed by atoms with Gasteiger partial charge in [0.1, 0.15) is 5.01 Å². The van der Waals surface area contributed by atoms with Gasteiger partial charge in [-0.2, -0.15) is 0 Å². The number of nitrogens with one attached hydrogen (secondary N) is 1. The predicted molar refractivity (Wildman–Crippen MR) is 115 cm³/mol. The fraction of sp³-hybridized carbons (Fsp3) is 0.500. The summed E-state index contributed by atoms with van der Waals surface area (Å²) in [5.74, 6) is 0.238. The summed E-state index contributed by atoms with van der Waals surface area (Å²) < 4.78 is 0. The maximum absolute atomic E-state index is 13.2. The number of urea groups is 1. The number of hydrogen-bond acceptors (Lipinski definition) is 4. The zero-order valence-electron chi connectivity index (χ0n) is 16.8. The van der Waals surface area contributed by atoms with Gasteiger partial charge in [-0.1, -0.05) is 12.1 Å². The van der Waals surface area contributed by atoms with E-state index in [9.17, 15) is 9.59 Å². The first-order chi connectivity index (χ1) is 14.1.